The zero-order valence-electron chi connectivity index (χ0n) is 18.9. The highest BCUT2D eigenvalue weighted by Gasteiger charge is 2.49. The third kappa shape index (κ3) is 4.26. The van der Waals surface area contributed by atoms with Crippen molar-refractivity contribution in [2.75, 3.05) is 6.54 Å². The molecule has 2 atom stereocenters. The molecule has 0 aromatic heterocycles. The van der Waals surface area contributed by atoms with Gasteiger partial charge in [0.15, 0.2) is 0 Å². The van der Waals surface area contributed by atoms with Gasteiger partial charge in [0.25, 0.3) is 5.91 Å². The molecule has 1 fully saturated rings. The number of benzene rings is 1. The van der Waals surface area contributed by atoms with Gasteiger partial charge in [-0.25, -0.2) is 0 Å². The first-order valence-electron chi connectivity index (χ1n) is 11.8. The molecule has 3 aliphatic rings. The molecule has 2 aliphatic carbocycles. The molecule has 0 saturated heterocycles. The SMILES string of the molecule is CCCCC1=NC2(CCCC2)C(=O)N1CC1=CC(C)C(c2ccccc2C(N)N)C=C1. The van der Waals surface area contributed by atoms with E-state index in [0.29, 0.717) is 12.5 Å². The lowest BCUT2D eigenvalue weighted by Gasteiger charge is -2.28. The Morgan fingerprint density at radius 2 is 1.97 bits per heavy atom. The van der Waals surface area contributed by atoms with Crippen LogP contribution in [0.2, 0.25) is 0 Å². The third-order valence-corrected chi connectivity index (χ3v) is 7.10. The van der Waals surface area contributed by atoms with Crippen molar-refractivity contribution >= 4 is 11.7 Å². The summed E-state index contributed by atoms with van der Waals surface area (Å²) in [6, 6.07) is 8.16. The summed E-state index contributed by atoms with van der Waals surface area (Å²) >= 11 is 0. The summed E-state index contributed by atoms with van der Waals surface area (Å²) in [5, 5.41) is 0. The van der Waals surface area contributed by atoms with Gasteiger partial charge in [-0.05, 0) is 41.9 Å². The fraction of sp³-hybridized carbons (Fsp3) is 0.538. The molecule has 4 N–H and O–H groups in total. The maximum Gasteiger partial charge on any atom is 0.256 e. The minimum atomic E-state index is -0.482. The number of carbonyl (C=O) groups excluding carboxylic acids is 1. The van der Waals surface area contributed by atoms with Crippen LogP contribution in [0.4, 0.5) is 0 Å². The summed E-state index contributed by atoms with van der Waals surface area (Å²) in [5.41, 5.74) is 14.9. The van der Waals surface area contributed by atoms with Crippen LogP contribution in [-0.4, -0.2) is 28.7 Å². The molecule has 0 bridgehead atoms. The van der Waals surface area contributed by atoms with E-state index in [1.807, 2.05) is 23.1 Å². The van der Waals surface area contributed by atoms with Gasteiger partial charge in [0.1, 0.15) is 11.4 Å². The number of rotatable bonds is 7. The Morgan fingerprint density at radius 3 is 2.65 bits per heavy atom. The van der Waals surface area contributed by atoms with Crippen molar-refractivity contribution in [1.29, 1.82) is 0 Å². The average molecular weight is 421 g/mol. The minimum Gasteiger partial charge on any atom is -0.312 e. The zero-order chi connectivity index (χ0) is 22.0. The predicted molar refractivity (Wildman–Crippen MR) is 127 cm³/mol. The number of hydrogen-bond acceptors (Lipinski definition) is 4. The highest BCUT2D eigenvalue weighted by atomic mass is 16.2. The van der Waals surface area contributed by atoms with Crippen molar-refractivity contribution in [3.63, 3.8) is 0 Å². The van der Waals surface area contributed by atoms with Crippen LogP contribution in [0.15, 0.2) is 53.1 Å². The van der Waals surface area contributed by atoms with Gasteiger partial charge in [0, 0.05) is 12.3 Å². The maximum absolute atomic E-state index is 13.4. The fourth-order valence-corrected chi connectivity index (χ4v) is 5.39. The second kappa shape index (κ2) is 9.09. The number of aliphatic imine (C=N–C) groups is 1. The number of amides is 1. The number of amidine groups is 1. The van der Waals surface area contributed by atoms with Crippen molar-refractivity contribution < 1.29 is 4.79 Å². The lowest BCUT2D eigenvalue weighted by atomic mass is 9.80. The van der Waals surface area contributed by atoms with E-state index in [9.17, 15) is 4.79 Å². The van der Waals surface area contributed by atoms with E-state index in [4.69, 9.17) is 16.5 Å². The molecule has 1 amide bonds. The quantitative estimate of drug-likeness (QED) is 0.634. The van der Waals surface area contributed by atoms with Crippen LogP contribution in [0.1, 0.15) is 82.0 Å². The largest absolute Gasteiger partial charge is 0.312 e. The van der Waals surface area contributed by atoms with Crippen molar-refractivity contribution in [2.24, 2.45) is 22.4 Å². The van der Waals surface area contributed by atoms with Crippen LogP contribution in [0.3, 0.4) is 0 Å². The molecule has 1 saturated carbocycles. The highest BCUT2D eigenvalue weighted by Crippen LogP contribution is 2.40. The molecular weight excluding hydrogens is 384 g/mol. The van der Waals surface area contributed by atoms with Crippen LogP contribution in [-0.2, 0) is 4.79 Å². The molecule has 1 heterocycles. The van der Waals surface area contributed by atoms with Gasteiger partial charge in [-0.15, -0.1) is 0 Å². The van der Waals surface area contributed by atoms with Crippen LogP contribution < -0.4 is 11.5 Å². The molecule has 1 aliphatic heterocycles. The molecule has 5 heteroatoms. The van der Waals surface area contributed by atoms with Crippen molar-refractivity contribution in [2.45, 2.75) is 76.4 Å². The number of nitrogens with zero attached hydrogens (tertiary/aromatic N) is 2. The van der Waals surface area contributed by atoms with Crippen LogP contribution in [0, 0.1) is 5.92 Å². The first-order chi connectivity index (χ1) is 14.9. The summed E-state index contributed by atoms with van der Waals surface area (Å²) in [6.07, 6.45) is 13.3. The molecule has 2 unspecified atom stereocenters. The average Bonchev–Trinajstić information content (AvgIpc) is 3.33. The molecule has 5 nitrogen and oxygen atoms in total. The first kappa shape index (κ1) is 22.0. The van der Waals surface area contributed by atoms with E-state index < -0.39 is 11.7 Å². The van der Waals surface area contributed by atoms with Crippen LogP contribution in [0.5, 0.6) is 0 Å². The van der Waals surface area contributed by atoms with Crippen LogP contribution >= 0.6 is 0 Å². The van der Waals surface area contributed by atoms with Gasteiger partial charge < -0.3 is 11.5 Å². The Morgan fingerprint density at radius 1 is 1.23 bits per heavy atom. The number of hydrogen-bond donors (Lipinski definition) is 2. The number of nitrogens with two attached hydrogens (primary N) is 2. The summed E-state index contributed by atoms with van der Waals surface area (Å²) in [4.78, 5) is 20.4. The van der Waals surface area contributed by atoms with Gasteiger partial charge >= 0.3 is 0 Å². The van der Waals surface area contributed by atoms with Gasteiger partial charge in [-0.1, -0.05) is 75.6 Å². The molecule has 4 rings (SSSR count). The van der Waals surface area contributed by atoms with E-state index >= 15 is 0 Å². The predicted octanol–water partition coefficient (Wildman–Crippen LogP) is 4.56. The van der Waals surface area contributed by atoms with Crippen molar-refractivity contribution in [3.05, 3.63) is 59.2 Å². The van der Waals surface area contributed by atoms with E-state index in [1.165, 1.54) is 11.1 Å². The topological polar surface area (TPSA) is 84.7 Å². The Hall–Kier alpha value is -2.24. The monoisotopic (exact) mass is 420 g/mol. The molecule has 1 aromatic carbocycles. The van der Waals surface area contributed by atoms with Gasteiger partial charge in [-0.2, -0.15) is 0 Å². The molecule has 166 valence electrons. The zero-order valence-corrected chi connectivity index (χ0v) is 18.9. The van der Waals surface area contributed by atoms with Crippen LogP contribution in [0.25, 0.3) is 0 Å². The van der Waals surface area contributed by atoms with Crippen molar-refractivity contribution in [3.8, 4) is 0 Å². The molecule has 1 spiro atoms. The molecule has 31 heavy (non-hydrogen) atoms. The lowest BCUT2D eigenvalue weighted by molar-refractivity contribution is -0.130. The maximum atomic E-state index is 13.4. The molecular formula is C26H36N4O. The minimum absolute atomic E-state index is 0.222. The number of unbranched alkanes of at least 4 members (excludes halogenated alkanes) is 1. The first-order valence-corrected chi connectivity index (χ1v) is 11.8. The van der Waals surface area contributed by atoms with E-state index in [2.05, 4.69) is 38.1 Å². The Balaban J connectivity index is 1.53. The summed E-state index contributed by atoms with van der Waals surface area (Å²) in [5.74, 6) is 1.75. The summed E-state index contributed by atoms with van der Waals surface area (Å²) < 4.78 is 0. The Labute approximate surface area is 186 Å². The summed E-state index contributed by atoms with van der Waals surface area (Å²) in [6.45, 7) is 5.03. The Bertz CT molecular complexity index is 908. The van der Waals surface area contributed by atoms with Crippen molar-refractivity contribution in [1.82, 2.24) is 4.90 Å². The fourth-order valence-electron chi connectivity index (χ4n) is 5.39. The van der Waals surface area contributed by atoms with Gasteiger partial charge in [0.05, 0.1) is 12.7 Å². The Kier molecular flexibility index (Phi) is 6.44. The normalized spacial score (nSPS) is 24.9. The lowest BCUT2D eigenvalue weighted by Crippen LogP contribution is -2.42. The summed E-state index contributed by atoms with van der Waals surface area (Å²) in [7, 11) is 0. The highest BCUT2D eigenvalue weighted by molar-refractivity contribution is 6.08. The smallest absolute Gasteiger partial charge is 0.256 e. The molecule has 1 aromatic rings. The van der Waals surface area contributed by atoms with E-state index in [0.717, 1.165) is 56.3 Å². The third-order valence-electron chi connectivity index (χ3n) is 7.10. The van der Waals surface area contributed by atoms with Gasteiger partial charge in [-0.3, -0.25) is 14.7 Å². The van der Waals surface area contributed by atoms with E-state index in [-0.39, 0.29) is 11.8 Å². The van der Waals surface area contributed by atoms with Gasteiger partial charge in [0.2, 0.25) is 0 Å². The standard InChI is InChI=1S/C26H36N4O/c1-3-4-11-23-29-26(14-7-8-15-26)25(31)30(23)17-19-12-13-20(18(2)16-19)21-9-5-6-10-22(21)24(27)28/h5-6,9-10,12-13,16,18,20,24H,3-4,7-8,11,14-15,17,27-28H2,1-2H3. The second-order valence-corrected chi connectivity index (χ2v) is 9.40. The number of allylic oxidation sites excluding steroid dienone is 2. The second-order valence-electron chi connectivity index (χ2n) is 9.40. The molecule has 0 radical (unpaired) electrons. The van der Waals surface area contributed by atoms with E-state index in [1.54, 1.807) is 0 Å². The number of carbonyl (C=O) groups is 1.